The molecule has 2 N–H and O–H groups in total. The number of carbonyl (C=O) groups excluding carboxylic acids is 1. The number of rotatable bonds is 5. The van der Waals surface area contributed by atoms with Gasteiger partial charge < -0.3 is 10.6 Å². The van der Waals surface area contributed by atoms with Gasteiger partial charge in [0.25, 0.3) is 0 Å². The summed E-state index contributed by atoms with van der Waals surface area (Å²) in [6.45, 7) is 4.28. The molecular weight excluding hydrogens is 152 g/mol. The van der Waals surface area contributed by atoms with Crippen LogP contribution in [0.4, 0.5) is 0 Å². The molecule has 0 aromatic carbocycles. The Bertz CT molecular complexity index is 155. The van der Waals surface area contributed by atoms with Gasteiger partial charge in [0.05, 0.1) is 0 Å². The molecule has 1 rings (SSSR count). The van der Waals surface area contributed by atoms with Gasteiger partial charge in [-0.15, -0.1) is 0 Å². The van der Waals surface area contributed by atoms with E-state index in [0.29, 0.717) is 13.0 Å². The van der Waals surface area contributed by atoms with Crippen molar-refractivity contribution in [3.05, 3.63) is 0 Å². The summed E-state index contributed by atoms with van der Waals surface area (Å²) >= 11 is 0. The van der Waals surface area contributed by atoms with Crippen molar-refractivity contribution in [3.8, 4) is 0 Å². The highest BCUT2D eigenvalue weighted by atomic mass is 16.2. The summed E-state index contributed by atoms with van der Waals surface area (Å²) in [6, 6.07) is 0. The monoisotopic (exact) mass is 170 g/mol. The Labute approximate surface area is 73.9 Å². The molecule has 12 heavy (non-hydrogen) atoms. The molecule has 0 spiro atoms. The zero-order valence-electron chi connectivity index (χ0n) is 7.75. The molecule has 1 aliphatic carbocycles. The van der Waals surface area contributed by atoms with Crippen molar-refractivity contribution < 1.29 is 4.79 Å². The van der Waals surface area contributed by atoms with E-state index in [-0.39, 0.29) is 5.91 Å². The van der Waals surface area contributed by atoms with E-state index in [0.717, 1.165) is 19.0 Å². The first-order valence-corrected chi connectivity index (χ1v) is 4.75. The topological polar surface area (TPSA) is 46.3 Å². The average Bonchev–Trinajstić information content (AvgIpc) is 2.84. The highest BCUT2D eigenvalue weighted by Crippen LogP contribution is 2.29. The van der Waals surface area contributed by atoms with Crippen LogP contribution in [-0.4, -0.2) is 30.4 Å². The Hall–Kier alpha value is -0.570. The minimum Gasteiger partial charge on any atom is -0.343 e. The van der Waals surface area contributed by atoms with E-state index in [1.165, 1.54) is 12.8 Å². The lowest BCUT2D eigenvalue weighted by Crippen LogP contribution is -2.33. The third-order valence-electron chi connectivity index (χ3n) is 2.27. The Morgan fingerprint density at radius 1 is 1.58 bits per heavy atom. The molecule has 3 nitrogen and oxygen atoms in total. The van der Waals surface area contributed by atoms with Crippen LogP contribution >= 0.6 is 0 Å². The van der Waals surface area contributed by atoms with Crippen LogP contribution in [0.25, 0.3) is 0 Å². The summed E-state index contributed by atoms with van der Waals surface area (Å²) in [6.07, 6.45) is 3.10. The summed E-state index contributed by atoms with van der Waals surface area (Å²) < 4.78 is 0. The van der Waals surface area contributed by atoms with Crippen LogP contribution in [0.15, 0.2) is 0 Å². The number of hydrogen-bond donors (Lipinski definition) is 1. The zero-order chi connectivity index (χ0) is 8.97. The van der Waals surface area contributed by atoms with Gasteiger partial charge in [0.2, 0.25) is 5.91 Å². The second kappa shape index (κ2) is 4.45. The Morgan fingerprint density at radius 3 is 2.67 bits per heavy atom. The predicted molar refractivity (Wildman–Crippen MR) is 48.6 cm³/mol. The van der Waals surface area contributed by atoms with E-state index in [1.807, 2.05) is 11.8 Å². The van der Waals surface area contributed by atoms with E-state index >= 15 is 0 Å². The fraction of sp³-hybridized carbons (Fsp3) is 0.889. The molecule has 1 saturated carbocycles. The van der Waals surface area contributed by atoms with E-state index < -0.39 is 0 Å². The van der Waals surface area contributed by atoms with Gasteiger partial charge in [-0.3, -0.25) is 4.79 Å². The summed E-state index contributed by atoms with van der Waals surface area (Å²) in [5.41, 5.74) is 5.32. The van der Waals surface area contributed by atoms with Crippen molar-refractivity contribution in [2.24, 2.45) is 11.7 Å². The summed E-state index contributed by atoms with van der Waals surface area (Å²) in [4.78, 5) is 13.3. The maximum absolute atomic E-state index is 11.4. The van der Waals surface area contributed by atoms with Crippen LogP contribution in [0.3, 0.4) is 0 Å². The third kappa shape index (κ3) is 2.81. The summed E-state index contributed by atoms with van der Waals surface area (Å²) in [7, 11) is 0. The van der Waals surface area contributed by atoms with Crippen molar-refractivity contribution in [2.75, 3.05) is 19.6 Å². The van der Waals surface area contributed by atoms with Crippen LogP contribution < -0.4 is 5.73 Å². The molecule has 0 saturated heterocycles. The van der Waals surface area contributed by atoms with Crippen LogP contribution in [-0.2, 0) is 4.79 Å². The lowest BCUT2D eigenvalue weighted by molar-refractivity contribution is -0.131. The highest BCUT2D eigenvalue weighted by Gasteiger charge is 2.25. The van der Waals surface area contributed by atoms with Gasteiger partial charge in [0.1, 0.15) is 0 Å². The maximum atomic E-state index is 11.4. The van der Waals surface area contributed by atoms with Crippen LogP contribution in [0, 0.1) is 5.92 Å². The van der Waals surface area contributed by atoms with E-state index in [9.17, 15) is 4.79 Å². The molecule has 0 unspecified atom stereocenters. The van der Waals surface area contributed by atoms with Gasteiger partial charge in [-0.05, 0) is 25.7 Å². The van der Waals surface area contributed by atoms with Crippen molar-refractivity contribution in [1.29, 1.82) is 0 Å². The molecule has 0 aliphatic heterocycles. The molecule has 0 aromatic heterocycles. The predicted octanol–water partition coefficient (Wildman–Crippen LogP) is 0.594. The fourth-order valence-corrected chi connectivity index (χ4v) is 1.30. The zero-order valence-corrected chi connectivity index (χ0v) is 7.75. The molecule has 0 heterocycles. The van der Waals surface area contributed by atoms with Gasteiger partial charge in [-0.2, -0.15) is 0 Å². The van der Waals surface area contributed by atoms with E-state index in [4.69, 9.17) is 5.73 Å². The second-order valence-electron chi connectivity index (χ2n) is 3.41. The quantitative estimate of drug-likeness (QED) is 0.656. The van der Waals surface area contributed by atoms with Crippen LogP contribution in [0.2, 0.25) is 0 Å². The number of carbonyl (C=O) groups is 1. The lowest BCUT2D eigenvalue weighted by Gasteiger charge is -2.20. The highest BCUT2D eigenvalue weighted by molar-refractivity contribution is 5.76. The molecule has 3 heteroatoms. The first kappa shape index (κ1) is 9.52. The molecule has 1 fully saturated rings. The lowest BCUT2D eigenvalue weighted by atomic mass is 10.3. The standard InChI is InChI=1S/C9H18N2O/c1-2-11(7-8-3-4-8)9(12)5-6-10/h8H,2-7,10H2,1H3. The van der Waals surface area contributed by atoms with Gasteiger partial charge >= 0.3 is 0 Å². The Morgan fingerprint density at radius 2 is 2.25 bits per heavy atom. The largest absolute Gasteiger partial charge is 0.343 e. The van der Waals surface area contributed by atoms with E-state index in [2.05, 4.69) is 0 Å². The smallest absolute Gasteiger partial charge is 0.223 e. The molecule has 0 radical (unpaired) electrons. The molecular formula is C9H18N2O. The minimum absolute atomic E-state index is 0.215. The van der Waals surface area contributed by atoms with Crippen LogP contribution in [0.5, 0.6) is 0 Å². The third-order valence-corrected chi connectivity index (χ3v) is 2.27. The van der Waals surface area contributed by atoms with Crippen molar-refractivity contribution in [3.63, 3.8) is 0 Å². The molecule has 70 valence electrons. The number of nitrogens with two attached hydrogens (primary N) is 1. The Balaban J connectivity index is 2.26. The summed E-state index contributed by atoms with van der Waals surface area (Å²) in [5, 5.41) is 0. The minimum atomic E-state index is 0.215. The van der Waals surface area contributed by atoms with Crippen molar-refractivity contribution in [1.82, 2.24) is 4.90 Å². The molecule has 0 bridgehead atoms. The van der Waals surface area contributed by atoms with Crippen molar-refractivity contribution >= 4 is 5.91 Å². The van der Waals surface area contributed by atoms with Gasteiger partial charge in [0.15, 0.2) is 0 Å². The average molecular weight is 170 g/mol. The molecule has 0 aromatic rings. The molecule has 1 amide bonds. The van der Waals surface area contributed by atoms with Crippen LogP contribution in [0.1, 0.15) is 26.2 Å². The van der Waals surface area contributed by atoms with Gasteiger partial charge in [-0.25, -0.2) is 0 Å². The Kier molecular flexibility index (Phi) is 3.53. The maximum Gasteiger partial charge on any atom is 0.223 e. The number of amides is 1. The first-order chi connectivity index (χ1) is 5.77. The van der Waals surface area contributed by atoms with Gasteiger partial charge in [0, 0.05) is 26.1 Å². The number of hydrogen-bond acceptors (Lipinski definition) is 2. The van der Waals surface area contributed by atoms with Crippen molar-refractivity contribution in [2.45, 2.75) is 26.2 Å². The molecule has 0 atom stereocenters. The fourth-order valence-electron chi connectivity index (χ4n) is 1.30. The molecule has 1 aliphatic rings. The number of nitrogens with zero attached hydrogens (tertiary/aromatic N) is 1. The van der Waals surface area contributed by atoms with Gasteiger partial charge in [-0.1, -0.05) is 0 Å². The SMILES string of the molecule is CCN(CC1CC1)C(=O)CCN. The normalized spacial score (nSPS) is 16.2. The second-order valence-corrected chi connectivity index (χ2v) is 3.41. The van der Waals surface area contributed by atoms with E-state index in [1.54, 1.807) is 0 Å². The first-order valence-electron chi connectivity index (χ1n) is 4.75. The summed E-state index contributed by atoms with van der Waals surface area (Å²) in [5.74, 6) is 0.999.